The molecule has 2 atom stereocenters. The van der Waals surface area contributed by atoms with Crippen LogP contribution in [0.5, 0.6) is 17.2 Å². The number of fused-ring (bicyclic) bond motifs is 1. The summed E-state index contributed by atoms with van der Waals surface area (Å²) in [5.74, 6) is -1.40. The number of ketones is 1. The molecule has 1 saturated carbocycles. The molecule has 1 aromatic heterocycles. The van der Waals surface area contributed by atoms with Gasteiger partial charge in [0.2, 0.25) is 11.2 Å². The summed E-state index contributed by atoms with van der Waals surface area (Å²) in [4.78, 5) is 56.8. The Kier molecular flexibility index (Phi) is 14.2. The van der Waals surface area contributed by atoms with Gasteiger partial charge in [-0.3, -0.25) is 19.3 Å². The molecule has 2 aliphatic rings. The van der Waals surface area contributed by atoms with Crippen molar-refractivity contribution < 1.29 is 44.3 Å². The number of aromatic hydroxyl groups is 2. The highest BCUT2D eigenvalue weighted by Gasteiger charge is 2.43. The van der Waals surface area contributed by atoms with Crippen LogP contribution in [0, 0.1) is 11.8 Å². The van der Waals surface area contributed by atoms with Crippen LogP contribution in [0.1, 0.15) is 70.0 Å². The van der Waals surface area contributed by atoms with Gasteiger partial charge in [0.25, 0.3) is 5.91 Å². The van der Waals surface area contributed by atoms with E-state index in [1.807, 2.05) is 18.2 Å². The van der Waals surface area contributed by atoms with E-state index >= 15 is 0 Å². The fourth-order valence-corrected chi connectivity index (χ4v) is 8.74. The molecule has 5 aromatic carbocycles. The minimum absolute atomic E-state index is 0.101. The van der Waals surface area contributed by atoms with E-state index in [0.29, 0.717) is 40.7 Å². The standard InChI is InChI=1S/C52H54N4O10/c57-44-18-16-42(43-17-19-48(61)55-49(43)44)46(59)29-53-28-36-15-14-35(26-45(36)58)50(62)54-40-24-37(25-40)47(60)32-65-41-13-7-12-39(27-41)52(64,38-10-5-2-6-11-38)51(63)66-31-34-20-22-56(23-21-34)30-33-8-3-1-4-9-33/h1-19,26-27,34,37,40,46,53,57-59,64H,20-25,28-32H2,(H,54,62)(H,55,61)/t37?,40?,46-,52-/m0/s1. The van der Waals surface area contributed by atoms with Crippen molar-refractivity contribution in [1.29, 1.82) is 0 Å². The van der Waals surface area contributed by atoms with Crippen LogP contribution >= 0.6 is 0 Å². The zero-order valence-electron chi connectivity index (χ0n) is 36.4. The normalized spacial score (nSPS) is 17.8. The summed E-state index contributed by atoms with van der Waals surface area (Å²) in [5, 5.41) is 50.4. The highest BCUT2D eigenvalue weighted by Crippen LogP contribution is 2.35. The Balaban J connectivity index is 0.791. The number of phenols is 2. The number of pyridine rings is 1. The second kappa shape index (κ2) is 20.6. The molecule has 1 aliphatic carbocycles. The fourth-order valence-electron chi connectivity index (χ4n) is 8.74. The van der Waals surface area contributed by atoms with Crippen LogP contribution in [0.4, 0.5) is 0 Å². The van der Waals surface area contributed by atoms with Crippen LogP contribution in [-0.2, 0) is 33.0 Å². The number of amides is 1. The second-order valence-corrected chi connectivity index (χ2v) is 17.3. The molecule has 6 aromatic rings. The van der Waals surface area contributed by atoms with Crippen molar-refractivity contribution in [1.82, 2.24) is 20.5 Å². The van der Waals surface area contributed by atoms with Crippen LogP contribution in [-0.4, -0.2) is 86.9 Å². The molecule has 14 heteroatoms. The van der Waals surface area contributed by atoms with Crippen LogP contribution in [0.15, 0.2) is 132 Å². The summed E-state index contributed by atoms with van der Waals surface area (Å²) >= 11 is 0. The number of carbonyl (C=O) groups excluding carboxylic acids is 3. The Labute approximate surface area is 381 Å². The zero-order chi connectivity index (χ0) is 46.2. The van der Waals surface area contributed by atoms with Gasteiger partial charge in [0.05, 0.1) is 18.2 Å². The van der Waals surface area contributed by atoms with Crippen molar-refractivity contribution in [3.05, 3.63) is 171 Å². The van der Waals surface area contributed by atoms with Gasteiger partial charge in [-0.1, -0.05) is 84.9 Å². The van der Waals surface area contributed by atoms with Gasteiger partial charge in [-0.15, -0.1) is 0 Å². The number of piperidine rings is 1. The van der Waals surface area contributed by atoms with E-state index in [0.717, 1.165) is 32.5 Å². The number of hydrogen-bond acceptors (Lipinski definition) is 12. The number of Topliss-reactive ketones (excluding diaryl/α,β-unsaturated/α-hetero) is 1. The predicted octanol–water partition coefficient (Wildman–Crippen LogP) is 5.61. The molecule has 0 unspecified atom stereocenters. The van der Waals surface area contributed by atoms with Gasteiger partial charge in [-0.25, -0.2) is 4.79 Å². The molecule has 342 valence electrons. The van der Waals surface area contributed by atoms with E-state index < -0.39 is 23.6 Å². The Morgan fingerprint density at radius 2 is 1.55 bits per heavy atom. The molecule has 1 saturated heterocycles. The number of nitrogens with zero attached hydrogens (tertiary/aromatic N) is 1. The number of ether oxygens (including phenoxy) is 2. The zero-order valence-corrected chi connectivity index (χ0v) is 36.4. The van der Waals surface area contributed by atoms with E-state index in [4.69, 9.17) is 9.47 Å². The molecule has 7 N–H and O–H groups in total. The van der Waals surface area contributed by atoms with Crippen molar-refractivity contribution in [2.75, 3.05) is 32.8 Å². The molecule has 8 rings (SSSR count). The summed E-state index contributed by atoms with van der Waals surface area (Å²) in [6.07, 6.45) is 1.60. The molecule has 0 bridgehead atoms. The van der Waals surface area contributed by atoms with Gasteiger partial charge >= 0.3 is 5.97 Å². The molecule has 14 nitrogen and oxygen atoms in total. The first kappa shape index (κ1) is 45.7. The average Bonchev–Trinajstić information content (AvgIpc) is 3.32. The molecule has 2 fully saturated rings. The number of aromatic nitrogens is 1. The lowest BCUT2D eigenvalue weighted by atomic mass is 9.77. The largest absolute Gasteiger partial charge is 0.508 e. The molecular formula is C52H54N4O10. The number of carbonyl (C=O) groups is 3. The molecule has 2 heterocycles. The average molecular weight is 895 g/mol. The van der Waals surface area contributed by atoms with E-state index in [-0.39, 0.29) is 83.7 Å². The van der Waals surface area contributed by atoms with Gasteiger partial charge in [0.15, 0.2) is 5.78 Å². The summed E-state index contributed by atoms with van der Waals surface area (Å²) in [5.41, 5.74) is 0.857. The SMILES string of the molecule is O=C(NC1CC(C(=O)COc2cccc([C@](O)(C(=O)OCC3CCN(Cc4ccccc4)CC3)c3ccccc3)c2)C1)c1ccc(CNC[C@H](O)c2ccc(O)c3[nH]c(=O)ccc23)c(O)c1. The van der Waals surface area contributed by atoms with E-state index in [2.05, 4.69) is 32.7 Å². The van der Waals surface area contributed by atoms with Gasteiger partial charge in [-0.2, -0.15) is 0 Å². The lowest BCUT2D eigenvalue weighted by molar-refractivity contribution is -0.164. The molecular weight excluding hydrogens is 841 g/mol. The van der Waals surface area contributed by atoms with E-state index in [1.54, 1.807) is 72.8 Å². The predicted molar refractivity (Wildman–Crippen MR) is 247 cm³/mol. The number of rotatable bonds is 18. The smallest absolute Gasteiger partial charge is 0.347 e. The number of hydrogen-bond donors (Lipinski definition) is 7. The summed E-state index contributed by atoms with van der Waals surface area (Å²) in [7, 11) is 0. The molecule has 0 spiro atoms. The number of aromatic amines is 1. The fraction of sp³-hybridized carbons (Fsp3) is 0.308. The highest BCUT2D eigenvalue weighted by atomic mass is 16.5. The summed E-state index contributed by atoms with van der Waals surface area (Å²) in [6.45, 7) is 2.89. The molecule has 1 aliphatic heterocycles. The summed E-state index contributed by atoms with van der Waals surface area (Å²) in [6, 6.07) is 35.6. The minimum Gasteiger partial charge on any atom is -0.508 e. The van der Waals surface area contributed by atoms with E-state index in [9.17, 15) is 39.6 Å². The van der Waals surface area contributed by atoms with Crippen LogP contribution < -0.4 is 20.9 Å². The quantitative estimate of drug-likeness (QED) is 0.0526. The first-order chi connectivity index (χ1) is 31.9. The number of likely N-dealkylation sites (tertiary alicyclic amines) is 1. The van der Waals surface area contributed by atoms with Gasteiger partial charge in [0.1, 0.15) is 23.9 Å². The number of nitrogens with one attached hydrogen (secondary N) is 3. The minimum atomic E-state index is -2.12. The third-order valence-electron chi connectivity index (χ3n) is 12.7. The molecule has 0 radical (unpaired) electrons. The Morgan fingerprint density at radius 1 is 0.818 bits per heavy atom. The van der Waals surface area contributed by atoms with Gasteiger partial charge in [0, 0.05) is 59.7 Å². The lowest BCUT2D eigenvalue weighted by Gasteiger charge is -2.34. The van der Waals surface area contributed by atoms with Crippen molar-refractivity contribution >= 4 is 28.6 Å². The van der Waals surface area contributed by atoms with Gasteiger partial charge in [-0.05, 0) is 97.8 Å². The number of H-pyrrole nitrogens is 1. The monoisotopic (exact) mass is 894 g/mol. The Bertz CT molecular complexity index is 2720. The number of phenolic OH excluding ortho intramolecular Hbond substituents is 2. The first-order valence-electron chi connectivity index (χ1n) is 22.3. The van der Waals surface area contributed by atoms with Crippen molar-refractivity contribution in [3.8, 4) is 17.2 Å². The van der Waals surface area contributed by atoms with Crippen LogP contribution in [0.3, 0.4) is 0 Å². The maximum atomic E-state index is 13.9. The van der Waals surface area contributed by atoms with Crippen LogP contribution in [0.2, 0.25) is 0 Å². The Morgan fingerprint density at radius 3 is 2.29 bits per heavy atom. The van der Waals surface area contributed by atoms with Gasteiger partial charge < -0.3 is 45.5 Å². The molecule has 1 amide bonds. The molecule has 66 heavy (non-hydrogen) atoms. The van der Waals surface area contributed by atoms with Crippen molar-refractivity contribution in [2.45, 2.75) is 56.5 Å². The third kappa shape index (κ3) is 10.6. The maximum Gasteiger partial charge on any atom is 0.347 e. The number of aliphatic hydroxyl groups is 2. The van der Waals surface area contributed by atoms with E-state index in [1.165, 1.54) is 29.8 Å². The van der Waals surface area contributed by atoms with Crippen molar-refractivity contribution in [2.24, 2.45) is 11.8 Å². The summed E-state index contributed by atoms with van der Waals surface area (Å²) < 4.78 is 11.8. The van der Waals surface area contributed by atoms with Crippen molar-refractivity contribution in [3.63, 3.8) is 0 Å². The van der Waals surface area contributed by atoms with Crippen LogP contribution in [0.25, 0.3) is 10.9 Å². The number of aliphatic hydroxyl groups excluding tert-OH is 1. The number of esters is 1. The maximum absolute atomic E-state index is 13.9. The Hall–Kier alpha value is -6.84. The topological polar surface area (TPSA) is 211 Å². The number of benzene rings is 5. The second-order valence-electron chi connectivity index (χ2n) is 17.3. The highest BCUT2D eigenvalue weighted by molar-refractivity contribution is 5.95. The third-order valence-corrected chi connectivity index (χ3v) is 12.7. The first-order valence-corrected chi connectivity index (χ1v) is 22.3. The lowest BCUT2D eigenvalue weighted by Crippen LogP contribution is -2.47.